The SMILES string of the molecule is COc1nc(-c2ccc(C[C@@H](C)c3ccc(F)cc3)nn2)ccc1-n1cnc(C)c1. The average molecular weight is 403 g/mol. The van der Waals surface area contributed by atoms with Crippen molar-refractivity contribution in [1.82, 2.24) is 24.7 Å². The molecule has 4 aromatic rings. The van der Waals surface area contributed by atoms with E-state index in [4.69, 9.17) is 4.74 Å². The minimum absolute atomic E-state index is 0.210. The van der Waals surface area contributed by atoms with Crippen LogP contribution in [-0.4, -0.2) is 31.8 Å². The summed E-state index contributed by atoms with van der Waals surface area (Å²) < 4.78 is 20.5. The van der Waals surface area contributed by atoms with Gasteiger partial charge in [0.05, 0.1) is 30.5 Å². The maximum absolute atomic E-state index is 13.1. The van der Waals surface area contributed by atoms with E-state index < -0.39 is 0 Å². The van der Waals surface area contributed by atoms with Crippen LogP contribution in [0.1, 0.15) is 29.8 Å². The van der Waals surface area contributed by atoms with Crippen molar-refractivity contribution < 1.29 is 9.13 Å². The lowest BCUT2D eigenvalue weighted by molar-refractivity contribution is 0.396. The van der Waals surface area contributed by atoms with Gasteiger partial charge in [-0.15, -0.1) is 5.10 Å². The highest BCUT2D eigenvalue weighted by Crippen LogP contribution is 2.26. The number of methoxy groups -OCH3 is 1. The summed E-state index contributed by atoms with van der Waals surface area (Å²) in [6, 6.07) is 14.2. The van der Waals surface area contributed by atoms with Crippen LogP contribution in [0.2, 0.25) is 0 Å². The number of pyridine rings is 1. The van der Waals surface area contributed by atoms with Gasteiger partial charge in [-0.05, 0) is 61.2 Å². The van der Waals surface area contributed by atoms with Crippen LogP contribution in [-0.2, 0) is 6.42 Å². The standard InChI is InChI=1S/C23H22FN5O/c1-15(17-4-6-18(24)7-5-17)12-19-8-9-21(28-27-19)20-10-11-22(23(26-20)30-3)29-13-16(2)25-14-29/h4-11,13-15H,12H2,1-3H3/t15-/m1/s1. The Kier molecular flexibility index (Phi) is 5.52. The summed E-state index contributed by atoms with van der Waals surface area (Å²) in [5.41, 5.74) is 5.00. The van der Waals surface area contributed by atoms with Crippen molar-refractivity contribution >= 4 is 0 Å². The lowest BCUT2D eigenvalue weighted by atomic mass is 9.96. The fraction of sp³-hybridized carbons (Fsp3) is 0.217. The fourth-order valence-electron chi connectivity index (χ4n) is 3.30. The van der Waals surface area contributed by atoms with E-state index >= 15 is 0 Å². The van der Waals surface area contributed by atoms with Gasteiger partial charge in [-0.2, -0.15) is 5.10 Å². The van der Waals surface area contributed by atoms with E-state index in [1.165, 1.54) is 12.1 Å². The molecule has 0 saturated carbocycles. The summed E-state index contributed by atoms with van der Waals surface area (Å²) >= 11 is 0. The largest absolute Gasteiger partial charge is 0.479 e. The number of benzene rings is 1. The molecule has 7 heteroatoms. The van der Waals surface area contributed by atoms with E-state index in [2.05, 4.69) is 27.1 Å². The zero-order chi connectivity index (χ0) is 21.1. The number of rotatable bonds is 6. The molecule has 0 aliphatic heterocycles. The molecule has 3 aromatic heterocycles. The van der Waals surface area contributed by atoms with Gasteiger partial charge in [-0.25, -0.2) is 14.4 Å². The van der Waals surface area contributed by atoms with Crippen LogP contribution in [0.5, 0.6) is 5.88 Å². The first-order valence-electron chi connectivity index (χ1n) is 9.68. The summed E-state index contributed by atoms with van der Waals surface area (Å²) in [6.45, 7) is 4.02. The van der Waals surface area contributed by atoms with E-state index in [0.29, 0.717) is 23.7 Å². The number of hydrogen-bond acceptors (Lipinski definition) is 5. The Labute approximate surface area is 174 Å². The molecule has 152 valence electrons. The number of ether oxygens (including phenoxy) is 1. The molecule has 1 aromatic carbocycles. The molecular weight excluding hydrogens is 381 g/mol. The number of aromatic nitrogens is 5. The third-order valence-corrected chi connectivity index (χ3v) is 4.96. The molecule has 4 rings (SSSR count). The highest BCUT2D eigenvalue weighted by molar-refractivity contribution is 5.58. The first-order valence-corrected chi connectivity index (χ1v) is 9.68. The summed E-state index contributed by atoms with van der Waals surface area (Å²) in [4.78, 5) is 8.83. The third kappa shape index (κ3) is 4.20. The molecule has 0 aliphatic rings. The molecule has 1 atom stereocenters. The topological polar surface area (TPSA) is 65.7 Å². The van der Waals surface area contributed by atoms with E-state index in [0.717, 1.165) is 22.6 Å². The van der Waals surface area contributed by atoms with Crippen molar-refractivity contribution in [1.29, 1.82) is 0 Å². The van der Waals surface area contributed by atoms with Crippen LogP contribution in [0, 0.1) is 12.7 Å². The number of aryl methyl sites for hydroxylation is 1. The molecule has 0 unspecified atom stereocenters. The van der Waals surface area contributed by atoms with Crippen LogP contribution in [0.3, 0.4) is 0 Å². The maximum atomic E-state index is 13.1. The van der Waals surface area contributed by atoms with Gasteiger partial charge in [0.1, 0.15) is 17.2 Å². The van der Waals surface area contributed by atoms with Crippen LogP contribution in [0.25, 0.3) is 17.1 Å². The molecule has 0 saturated heterocycles. The van der Waals surface area contributed by atoms with Crippen molar-refractivity contribution in [2.45, 2.75) is 26.2 Å². The molecular formula is C23H22FN5O. The lowest BCUT2D eigenvalue weighted by Gasteiger charge is -2.12. The molecule has 0 aliphatic carbocycles. The second kappa shape index (κ2) is 8.41. The minimum atomic E-state index is -0.229. The second-order valence-electron chi connectivity index (χ2n) is 7.21. The first kappa shape index (κ1) is 19.7. The Morgan fingerprint density at radius 3 is 2.40 bits per heavy atom. The van der Waals surface area contributed by atoms with Crippen LogP contribution >= 0.6 is 0 Å². The summed E-state index contributed by atoms with van der Waals surface area (Å²) in [6.07, 6.45) is 4.36. The van der Waals surface area contributed by atoms with Crippen LogP contribution in [0.15, 0.2) is 61.1 Å². The second-order valence-corrected chi connectivity index (χ2v) is 7.21. The summed E-state index contributed by atoms with van der Waals surface area (Å²) in [5, 5.41) is 8.70. The van der Waals surface area contributed by atoms with Gasteiger partial charge in [-0.3, -0.25) is 0 Å². The number of nitrogens with zero attached hydrogens (tertiary/aromatic N) is 5. The molecule has 0 spiro atoms. The highest BCUT2D eigenvalue weighted by atomic mass is 19.1. The quantitative estimate of drug-likeness (QED) is 0.473. The van der Waals surface area contributed by atoms with E-state index in [9.17, 15) is 4.39 Å². The molecule has 0 fully saturated rings. The average Bonchev–Trinajstić information content (AvgIpc) is 3.20. The zero-order valence-corrected chi connectivity index (χ0v) is 17.1. The van der Waals surface area contributed by atoms with Gasteiger partial charge >= 0.3 is 0 Å². The van der Waals surface area contributed by atoms with E-state index in [1.807, 2.05) is 42.0 Å². The number of hydrogen-bond donors (Lipinski definition) is 0. The third-order valence-electron chi connectivity index (χ3n) is 4.96. The van der Waals surface area contributed by atoms with Gasteiger partial charge in [0.2, 0.25) is 5.88 Å². The van der Waals surface area contributed by atoms with E-state index in [1.54, 1.807) is 25.6 Å². The molecule has 0 radical (unpaired) electrons. The number of halogens is 1. The highest BCUT2D eigenvalue weighted by Gasteiger charge is 2.13. The first-order chi connectivity index (χ1) is 14.5. The molecule has 0 bridgehead atoms. The Hall–Kier alpha value is -3.61. The zero-order valence-electron chi connectivity index (χ0n) is 17.1. The Morgan fingerprint density at radius 1 is 1.00 bits per heavy atom. The maximum Gasteiger partial charge on any atom is 0.238 e. The Balaban J connectivity index is 1.53. The van der Waals surface area contributed by atoms with Gasteiger partial charge in [0.15, 0.2) is 0 Å². The Bertz CT molecular complexity index is 1140. The van der Waals surface area contributed by atoms with Gasteiger partial charge in [0, 0.05) is 6.20 Å². The smallest absolute Gasteiger partial charge is 0.238 e. The minimum Gasteiger partial charge on any atom is -0.479 e. The predicted octanol–water partition coefficient (Wildman–Crippen LogP) is 4.53. The van der Waals surface area contributed by atoms with Crippen molar-refractivity contribution in [3.63, 3.8) is 0 Å². The van der Waals surface area contributed by atoms with Crippen molar-refractivity contribution in [3.8, 4) is 23.0 Å². The number of imidazole rings is 1. The normalized spacial score (nSPS) is 12.0. The summed E-state index contributed by atoms with van der Waals surface area (Å²) in [5.74, 6) is 0.467. The van der Waals surface area contributed by atoms with Crippen LogP contribution < -0.4 is 4.74 Å². The molecule has 6 nitrogen and oxygen atoms in total. The monoisotopic (exact) mass is 403 g/mol. The van der Waals surface area contributed by atoms with Gasteiger partial charge in [0.25, 0.3) is 0 Å². The molecule has 3 heterocycles. The summed E-state index contributed by atoms with van der Waals surface area (Å²) in [7, 11) is 1.59. The Morgan fingerprint density at radius 2 is 1.77 bits per heavy atom. The van der Waals surface area contributed by atoms with Gasteiger partial charge < -0.3 is 9.30 Å². The molecule has 30 heavy (non-hydrogen) atoms. The van der Waals surface area contributed by atoms with Crippen molar-refractivity contribution in [2.75, 3.05) is 7.11 Å². The van der Waals surface area contributed by atoms with Crippen molar-refractivity contribution in [3.05, 3.63) is 83.8 Å². The van der Waals surface area contributed by atoms with Crippen molar-refractivity contribution in [2.24, 2.45) is 0 Å². The molecule has 0 amide bonds. The molecule has 0 N–H and O–H groups in total. The van der Waals surface area contributed by atoms with Crippen LogP contribution in [0.4, 0.5) is 4.39 Å². The van der Waals surface area contributed by atoms with Gasteiger partial charge in [-0.1, -0.05) is 19.1 Å². The fourth-order valence-corrected chi connectivity index (χ4v) is 3.30. The predicted molar refractivity (Wildman–Crippen MR) is 112 cm³/mol. The van der Waals surface area contributed by atoms with E-state index in [-0.39, 0.29) is 11.7 Å². The lowest BCUT2D eigenvalue weighted by Crippen LogP contribution is -2.03.